The maximum absolute atomic E-state index is 13.4. The van der Waals surface area contributed by atoms with Crippen molar-refractivity contribution in [3.63, 3.8) is 0 Å². The predicted molar refractivity (Wildman–Crippen MR) is 151 cm³/mol. The predicted octanol–water partition coefficient (Wildman–Crippen LogP) is 4.14. The number of anilines is 1. The first kappa shape index (κ1) is 27.9. The minimum absolute atomic E-state index is 0.0417. The number of hydrogen-bond acceptors (Lipinski definition) is 7. The van der Waals surface area contributed by atoms with Crippen LogP contribution >= 0.6 is 0 Å². The second-order valence-corrected chi connectivity index (χ2v) is 9.65. The molecule has 0 spiro atoms. The molecule has 1 fully saturated rings. The third kappa shape index (κ3) is 6.85. The molecule has 2 amide bonds. The largest absolute Gasteiger partial charge is 0.497 e. The fourth-order valence-electron chi connectivity index (χ4n) is 4.60. The van der Waals surface area contributed by atoms with Crippen LogP contribution in [0.25, 0.3) is 11.3 Å². The number of methoxy groups -OCH3 is 2. The van der Waals surface area contributed by atoms with Crippen LogP contribution in [0.3, 0.4) is 0 Å². The smallest absolute Gasteiger partial charge is 0.254 e. The first-order valence-electron chi connectivity index (χ1n) is 13.4. The van der Waals surface area contributed by atoms with Gasteiger partial charge in [0, 0.05) is 43.3 Å². The van der Waals surface area contributed by atoms with Gasteiger partial charge in [-0.15, -0.1) is 10.2 Å². The van der Waals surface area contributed by atoms with Crippen LogP contribution < -0.4 is 14.4 Å². The molecule has 9 heteroatoms. The molecule has 9 nitrogen and oxygen atoms in total. The van der Waals surface area contributed by atoms with Crippen molar-refractivity contribution in [2.75, 3.05) is 51.8 Å². The zero-order chi connectivity index (χ0) is 27.8. The van der Waals surface area contributed by atoms with Gasteiger partial charge in [-0.1, -0.05) is 6.92 Å². The van der Waals surface area contributed by atoms with Crippen LogP contribution in [0.5, 0.6) is 11.5 Å². The summed E-state index contributed by atoms with van der Waals surface area (Å²) in [5.74, 6) is 2.08. The average molecular weight is 532 g/mol. The van der Waals surface area contributed by atoms with Crippen LogP contribution in [0.2, 0.25) is 0 Å². The van der Waals surface area contributed by atoms with E-state index in [-0.39, 0.29) is 24.4 Å². The Balaban J connectivity index is 1.38. The van der Waals surface area contributed by atoms with Gasteiger partial charge in [-0.2, -0.15) is 0 Å². The van der Waals surface area contributed by atoms with Crippen LogP contribution in [-0.2, 0) is 4.79 Å². The van der Waals surface area contributed by atoms with Crippen LogP contribution in [0.1, 0.15) is 37.0 Å². The zero-order valence-corrected chi connectivity index (χ0v) is 23.2. The summed E-state index contributed by atoms with van der Waals surface area (Å²) in [5.41, 5.74) is 2.31. The number of benzene rings is 2. The van der Waals surface area contributed by atoms with Crippen LogP contribution in [-0.4, -0.2) is 84.8 Å². The number of aromatic nitrogens is 2. The third-order valence-electron chi connectivity index (χ3n) is 7.24. The Morgan fingerprint density at radius 3 is 2.13 bits per heavy atom. The highest BCUT2D eigenvalue weighted by atomic mass is 16.5. The molecule has 1 saturated heterocycles. The van der Waals surface area contributed by atoms with Crippen molar-refractivity contribution in [2.45, 2.75) is 32.7 Å². The molecule has 3 aromatic rings. The molecule has 2 aromatic carbocycles. The van der Waals surface area contributed by atoms with Crippen molar-refractivity contribution in [1.29, 1.82) is 0 Å². The number of amides is 2. The number of carbonyl (C=O) groups is 2. The highest BCUT2D eigenvalue weighted by molar-refractivity contribution is 5.96. The quantitative estimate of drug-likeness (QED) is 0.410. The Morgan fingerprint density at radius 2 is 1.54 bits per heavy atom. The van der Waals surface area contributed by atoms with Crippen molar-refractivity contribution in [1.82, 2.24) is 20.0 Å². The van der Waals surface area contributed by atoms with Crippen LogP contribution in [0.15, 0.2) is 60.7 Å². The molecule has 0 N–H and O–H groups in total. The second kappa shape index (κ2) is 13.1. The number of ether oxygens (including phenoxy) is 2. The van der Waals surface area contributed by atoms with Crippen LogP contribution in [0.4, 0.5) is 5.82 Å². The average Bonchev–Trinajstić information content (AvgIpc) is 3.26. The molecule has 0 bridgehead atoms. The van der Waals surface area contributed by atoms with E-state index in [2.05, 4.69) is 15.1 Å². The Labute approximate surface area is 230 Å². The highest BCUT2D eigenvalue weighted by Crippen LogP contribution is 2.22. The Kier molecular flexibility index (Phi) is 9.35. The van der Waals surface area contributed by atoms with Crippen molar-refractivity contribution in [3.05, 3.63) is 66.2 Å². The number of nitrogens with zero attached hydrogens (tertiary/aromatic N) is 5. The molecule has 39 heavy (non-hydrogen) atoms. The van der Waals surface area contributed by atoms with Gasteiger partial charge in [0.2, 0.25) is 5.91 Å². The molecule has 1 aromatic heterocycles. The summed E-state index contributed by atoms with van der Waals surface area (Å²) >= 11 is 0. The van der Waals surface area contributed by atoms with E-state index in [9.17, 15) is 9.59 Å². The summed E-state index contributed by atoms with van der Waals surface area (Å²) in [6, 6.07) is 18.6. The number of carbonyl (C=O) groups excluding carboxylic acids is 2. The molecule has 1 aliphatic heterocycles. The van der Waals surface area contributed by atoms with Gasteiger partial charge in [0.1, 0.15) is 18.0 Å². The van der Waals surface area contributed by atoms with Crippen molar-refractivity contribution >= 4 is 17.6 Å². The molecular formula is C30H37N5O4. The molecule has 2 heterocycles. The van der Waals surface area contributed by atoms with Gasteiger partial charge in [0.05, 0.1) is 19.9 Å². The Morgan fingerprint density at radius 1 is 0.872 bits per heavy atom. The molecule has 0 unspecified atom stereocenters. The second-order valence-electron chi connectivity index (χ2n) is 9.65. The lowest BCUT2D eigenvalue weighted by Gasteiger charge is -2.31. The molecule has 0 saturated carbocycles. The summed E-state index contributed by atoms with van der Waals surface area (Å²) < 4.78 is 10.4. The van der Waals surface area contributed by atoms with Crippen molar-refractivity contribution in [3.8, 4) is 22.8 Å². The maximum atomic E-state index is 13.4. The normalized spacial score (nSPS) is 14.4. The monoisotopic (exact) mass is 531 g/mol. The van der Waals surface area contributed by atoms with Crippen molar-refractivity contribution in [2.24, 2.45) is 0 Å². The molecule has 4 rings (SSSR count). The summed E-state index contributed by atoms with van der Waals surface area (Å²) in [5, 5.41) is 8.89. The molecular weight excluding hydrogens is 494 g/mol. The summed E-state index contributed by atoms with van der Waals surface area (Å²) in [6.07, 6.45) is 1.57. The van der Waals surface area contributed by atoms with Gasteiger partial charge in [-0.05, 0) is 80.4 Å². The van der Waals surface area contributed by atoms with E-state index in [1.54, 1.807) is 43.4 Å². The van der Waals surface area contributed by atoms with Gasteiger partial charge < -0.3 is 24.2 Å². The topological polar surface area (TPSA) is 88.1 Å². The minimum atomic E-state index is -0.149. The fraction of sp³-hybridized carbons (Fsp3) is 0.400. The first-order valence-corrected chi connectivity index (χ1v) is 13.4. The van der Waals surface area contributed by atoms with Gasteiger partial charge in [0.25, 0.3) is 5.91 Å². The van der Waals surface area contributed by atoms with E-state index in [0.29, 0.717) is 30.9 Å². The zero-order valence-electron chi connectivity index (χ0n) is 23.2. The van der Waals surface area contributed by atoms with Gasteiger partial charge in [-0.25, -0.2) is 0 Å². The number of rotatable bonds is 9. The van der Waals surface area contributed by atoms with Gasteiger partial charge in [0.15, 0.2) is 5.82 Å². The standard InChI is InChI=1S/C30H37N5O4/c1-5-22(2)35(30(37)24-9-13-26(39-4)14-10-24)21-29(36)34-18-6-17-33(19-20-34)28-16-15-27(31-32-28)23-7-11-25(38-3)12-8-23/h7-16,22H,5-6,17-21H2,1-4H3/t22-/m1/s1. The van der Waals surface area contributed by atoms with Crippen molar-refractivity contribution < 1.29 is 19.1 Å². The summed E-state index contributed by atoms with van der Waals surface area (Å²) in [4.78, 5) is 32.4. The lowest BCUT2D eigenvalue weighted by Crippen LogP contribution is -2.47. The van der Waals surface area contributed by atoms with Gasteiger partial charge in [-0.3, -0.25) is 9.59 Å². The Bertz CT molecular complexity index is 1230. The SMILES string of the molecule is CC[C@@H](C)N(CC(=O)N1CCCN(c2ccc(-c3ccc(OC)cc3)nn2)CC1)C(=O)c1ccc(OC)cc1. The molecule has 1 atom stereocenters. The van der Waals surface area contributed by atoms with E-state index < -0.39 is 0 Å². The first-order chi connectivity index (χ1) is 18.9. The van der Waals surface area contributed by atoms with Gasteiger partial charge >= 0.3 is 0 Å². The molecule has 0 aliphatic carbocycles. The highest BCUT2D eigenvalue weighted by Gasteiger charge is 2.27. The lowest BCUT2D eigenvalue weighted by atomic mass is 10.1. The van der Waals surface area contributed by atoms with E-state index in [4.69, 9.17) is 9.47 Å². The van der Waals surface area contributed by atoms with E-state index in [1.807, 2.05) is 55.1 Å². The minimum Gasteiger partial charge on any atom is -0.497 e. The molecule has 206 valence electrons. The third-order valence-corrected chi connectivity index (χ3v) is 7.24. The number of hydrogen-bond donors (Lipinski definition) is 0. The molecule has 0 radical (unpaired) electrons. The Hall–Kier alpha value is -4.14. The van der Waals surface area contributed by atoms with E-state index in [1.165, 1.54) is 0 Å². The lowest BCUT2D eigenvalue weighted by molar-refractivity contribution is -0.132. The fourth-order valence-corrected chi connectivity index (χ4v) is 4.60. The summed E-state index contributed by atoms with van der Waals surface area (Å²) in [6.45, 7) is 6.68. The summed E-state index contributed by atoms with van der Waals surface area (Å²) in [7, 11) is 3.23. The van der Waals surface area contributed by atoms with Crippen LogP contribution in [0, 0.1) is 0 Å². The maximum Gasteiger partial charge on any atom is 0.254 e. The van der Waals surface area contributed by atoms with E-state index >= 15 is 0 Å². The molecule has 1 aliphatic rings. The van der Waals surface area contributed by atoms with E-state index in [0.717, 1.165) is 42.2 Å².